The van der Waals surface area contributed by atoms with E-state index in [1.165, 1.54) is 11.3 Å². The quantitative estimate of drug-likeness (QED) is 0.340. The smallest absolute Gasteiger partial charge is 0.295 e. The maximum absolute atomic E-state index is 13.2. The van der Waals surface area contributed by atoms with Crippen molar-refractivity contribution in [1.29, 1.82) is 0 Å². The molecule has 1 aliphatic heterocycles. The van der Waals surface area contributed by atoms with Crippen molar-refractivity contribution in [2.75, 3.05) is 33.3 Å². The van der Waals surface area contributed by atoms with Crippen molar-refractivity contribution >= 4 is 28.8 Å². The third-order valence-corrected chi connectivity index (χ3v) is 7.11. The van der Waals surface area contributed by atoms with Crippen molar-refractivity contribution < 1.29 is 19.4 Å². The molecule has 2 heterocycles. The van der Waals surface area contributed by atoms with Gasteiger partial charge in [-0.1, -0.05) is 40.7 Å². The largest absolute Gasteiger partial charge is 0.507 e. The van der Waals surface area contributed by atoms with E-state index in [9.17, 15) is 14.7 Å². The summed E-state index contributed by atoms with van der Waals surface area (Å²) >= 11 is 1.48. The molecule has 6 nitrogen and oxygen atoms in total. The number of ether oxygens (including phenoxy) is 1. The lowest BCUT2D eigenvalue weighted by Gasteiger charge is -2.27. The zero-order valence-corrected chi connectivity index (χ0v) is 21.2. The number of Topliss-reactive ketones (excluding diaryl/α,β-unsaturated/α-hetero) is 1. The van der Waals surface area contributed by atoms with E-state index in [0.717, 1.165) is 23.5 Å². The number of aliphatic hydroxyl groups excluding tert-OH is 1. The molecule has 0 saturated carbocycles. The minimum atomic E-state index is -0.640. The molecule has 1 N–H and O–H groups in total. The van der Waals surface area contributed by atoms with Crippen LogP contribution in [0, 0.1) is 0 Å². The van der Waals surface area contributed by atoms with E-state index in [0.29, 0.717) is 24.4 Å². The molecule has 1 atom stereocenters. The van der Waals surface area contributed by atoms with Crippen LogP contribution in [-0.4, -0.2) is 59.9 Å². The van der Waals surface area contributed by atoms with Crippen LogP contribution in [0.1, 0.15) is 56.7 Å². The SMILES string of the molecule is CCN(CC)CCN1C(=O)C(=O)/C(=C(\O)c2ccc(OC)c(C(C)(C)C)c2)C1c1cccs1. The Balaban J connectivity index is 2.11. The number of benzene rings is 1. The van der Waals surface area contributed by atoms with Crippen LogP contribution in [0.3, 0.4) is 0 Å². The van der Waals surface area contributed by atoms with Gasteiger partial charge in [0.05, 0.1) is 18.7 Å². The molecule has 0 radical (unpaired) electrons. The van der Waals surface area contributed by atoms with Gasteiger partial charge in [-0.25, -0.2) is 0 Å². The zero-order valence-electron chi connectivity index (χ0n) is 20.3. The van der Waals surface area contributed by atoms with Crippen molar-refractivity contribution in [3.05, 3.63) is 57.3 Å². The third kappa shape index (κ3) is 4.99. The first kappa shape index (κ1) is 25.0. The number of likely N-dealkylation sites (tertiary alicyclic amines) is 1. The van der Waals surface area contributed by atoms with Crippen molar-refractivity contribution in [3.63, 3.8) is 0 Å². The number of rotatable bonds is 8. The average molecular weight is 471 g/mol. The predicted molar refractivity (Wildman–Crippen MR) is 133 cm³/mol. The Morgan fingerprint density at radius 3 is 2.42 bits per heavy atom. The normalized spacial score (nSPS) is 18.4. The maximum Gasteiger partial charge on any atom is 0.295 e. The van der Waals surface area contributed by atoms with Crippen LogP contribution in [0.5, 0.6) is 5.75 Å². The zero-order chi connectivity index (χ0) is 24.3. The van der Waals surface area contributed by atoms with E-state index >= 15 is 0 Å². The molecule has 1 fully saturated rings. The highest BCUT2D eigenvalue weighted by molar-refractivity contribution is 7.10. The molecule has 1 aromatic heterocycles. The monoisotopic (exact) mass is 470 g/mol. The van der Waals surface area contributed by atoms with Gasteiger partial charge >= 0.3 is 0 Å². The number of amides is 1. The highest BCUT2D eigenvalue weighted by atomic mass is 32.1. The van der Waals surface area contributed by atoms with Gasteiger partial charge in [-0.05, 0) is 48.2 Å². The van der Waals surface area contributed by atoms with Gasteiger partial charge in [0.1, 0.15) is 11.5 Å². The van der Waals surface area contributed by atoms with E-state index in [4.69, 9.17) is 4.74 Å². The van der Waals surface area contributed by atoms with Crippen molar-refractivity contribution in [3.8, 4) is 5.75 Å². The van der Waals surface area contributed by atoms with Crippen LogP contribution in [0.25, 0.3) is 5.76 Å². The van der Waals surface area contributed by atoms with Gasteiger partial charge in [0, 0.05) is 29.1 Å². The third-order valence-electron chi connectivity index (χ3n) is 6.19. The molecule has 7 heteroatoms. The first-order chi connectivity index (χ1) is 15.6. The van der Waals surface area contributed by atoms with E-state index in [1.54, 1.807) is 24.1 Å². The number of hydrogen-bond donors (Lipinski definition) is 1. The number of methoxy groups -OCH3 is 1. The molecule has 33 heavy (non-hydrogen) atoms. The molecule has 178 valence electrons. The van der Waals surface area contributed by atoms with Crippen LogP contribution in [0.15, 0.2) is 41.3 Å². The van der Waals surface area contributed by atoms with Crippen LogP contribution < -0.4 is 4.74 Å². The summed E-state index contributed by atoms with van der Waals surface area (Å²) in [5.41, 5.74) is 1.33. The summed E-state index contributed by atoms with van der Waals surface area (Å²) in [4.78, 5) is 30.9. The van der Waals surface area contributed by atoms with E-state index in [1.807, 2.05) is 23.6 Å². The van der Waals surface area contributed by atoms with Crippen molar-refractivity contribution in [2.45, 2.75) is 46.1 Å². The lowest BCUT2D eigenvalue weighted by atomic mass is 9.84. The van der Waals surface area contributed by atoms with Crippen molar-refractivity contribution in [1.82, 2.24) is 9.80 Å². The molecule has 1 aliphatic rings. The summed E-state index contributed by atoms with van der Waals surface area (Å²) in [6.45, 7) is 13.2. The van der Waals surface area contributed by atoms with Crippen LogP contribution in [0.2, 0.25) is 0 Å². The molecular weight excluding hydrogens is 436 g/mol. The topological polar surface area (TPSA) is 70.1 Å². The van der Waals surface area contributed by atoms with Crippen LogP contribution >= 0.6 is 11.3 Å². The van der Waals surface area contributed by atoms with Crippen LogP contribution in [-0.2, 0) is 15.0 Å². The minimum Gasteiger partial charge on any atom is -0.507 e. The average Bonchev–Trinajstić information content (AvgIpc) is 3.40. The summed E-state index contributed by atoms with van der Waals surface area (Å²) in [5.74, 6) is -0.635. The molecule has 0 aliphatic carbocycles. The number of hydrogen-bond acceptors (Lipinski definition) is 6. The lowest BCUT2D eigenvalue weighted by molar-refractivity contribution is -0.140. The number of carbonyl (C=O) groups excluding carboxylic acids is 2. The van der Waals surface area contributed by atoms with Crippen LogP contribution in [0.4, 0.5) is 0 Å². The number of likely N-dealkylation sites (N-methyl/N-ethyl adjacent to an activating group) is 1. The van der Waals surface area contributed by atoms with Gasteiger partial charge in [-0.2, -0.15) is 0 Å². The molecule has 3 rings (SSSR count). The number of nitrogens with zero attached hydrogens (tertiary/aromatic N) is 2. The molecule has 1 unspecified atom stereocenters. The first-order valence-electron chi connectivity index (χ1n) is 11.4. The van der Waals surface area contributed by atoms with E-state index in [2.05, 4.69) is 39.5 Å². The second kappa shape index (κ2) is 10.1. The Labute approximate surface area is 200 Å². The Morgan fingerprint density at radius 1 is 1.18 bits per heavy atom. The van der Waals surface area contributed by atoms with Gasteiger partial charge < -0.3 is 19.6 Å². The predicted octanol–water partition coefficient (Wildman–Crippen LogP) is 4.82. The van der Waals surface area contributed by atoms with E-state index < -0.39 is 17.7 Å². The summed E-state index contributed by atoms with van der Waals surface area (Å²) in [5, 5.41) is 13.3. The first-order valence-corrected chi connectivity index (χ1v) is 12.2. The van der Waals surface area contributed by atoms with E-state index in [-0.39, 0.29) is 16.7 Å². The van der Waals surface area contributed by atoms with Gasteiger partial charge in [-0.15, -0.1) is 11.3 Å². The van der Waals surface area contributed by atoms with Gasteiger partial charge in [-0.3, -0.25) is 9.59 Å². The Hall–Kier alpha value is -2.64. The number of thiophene rings is 1. The van der Waals surface area contributed by atoms with Gasteiger partial charge in [0.25, 0.3) is 11.7 Å². The maximum atomic E-state index is 13.2. The molecule has 0 bridgehead atoms. The number of ketones is 1. The summed E-state index contributed by atoms with van der Waals surface area (Å²) < 4.78 is 5.51. The molecule has 1 saturated heterocycles. The fourth-order valence-electron chi connectivity index (χ4n) is 4.24. The van der Waals surface area contributed by atoms with Crippen molar-refractivity contribution in [2.24, 2.45) is 0 Å². The number of carbonyl (C=O) groups is 2. The Morgan fingerprint density at radius 2 is 1.88 bits per heavy atom. The molecular formula is C26H34N2O4S. The fourth-order valence-corrected chi connectivity index (χ4v) is 5.08. The Kier molecular flexibility index (Phi) is 7.65. The standard InChI is InChI=1S/C26H34N2O4S/c1-7-27(8-2)13-14-28-22(20-10-9-15-33-20)21(24(30)25(28)31)23(29)17-11-12-19(32-6)18(16-17)26(3,4)5/h9-12,15-16,22,29H,7-8,13-14H2,1-6H3/b23-21-. The molecule has 2 aromatic rings. The highest BCUT2D eigenvalue weighted by Crippen LogP contribution is 2.42. The minimum absolute atomic E-state index is 0.145. The lowest BCUT2D eigenvalue weighted by Crippen LogP contribution is -2.37. The highest BCUT2D eigenvalue weighted by Gasteiger charge is 2.46. The van der Waals surface area contributed by atoms with Gasteiger partial charge in [0.2, 0.25) is 0 Å². The molecule has 1 amide bonds. The second-order valence-corrected chi connectivity index (χ2v) is 10.2. The molecule has 1 aromatic carbocycles. The number of aliphatic hydroxyl groups is 1. The summed E-state index contributed by atoms with van der Waals surface area (Å²) in [6.07, 6.45) is 0. The summed E-state index contributed by atoms with van der Waals surface area (Å²) in [6, 6.07) is 8.59. The fraction of sp³-hybridized carbons (Fsp3) is 0.462. The van der Waals surface area contributed by atoms with Gasteiger partial charge in [0.15, 0.2) is 0 Å². The summed E-state index contributed by atoms with van der Waals surface area (Å²) in [7, 11) is 1.61. The second-order valence-electron chi connectivity index (χ2n) is 9.20. The Bertz CT molecular complexity index is 1030. The molecule has 0 spiro atoms.